The molecule has 0 atom stereocenters. The zero-order valence-corrected chi connectivity index (χ0v) is 15.8. The molecule has 1 aliphatic rings. The van der Waals surface area contributed by atoms with Gasteiger partial charge in [0, 0.05) is 0 Å². The fourth-order valence-electron chi connectivity index (χ4n) is 2.69. The molecule has 0 bridgehead atoms. The molecule has 0 aromatic rings. The zero-order valence-electron chi connectivity index (χ0n) is 15.8. The van der Waals surface area contributed by atoms with Gasteiger partial charge in [-0.15, -0.1) is 0 Å². The minimum atomic E-state index is 1.08. The molecular formula is C25H35. The lowest BCUT2D eigenvalue weighted by Crippen LogP contribution is -1.81. The van der Waals surface area contributed by atoms with Crippen LogP contribution < -0.4 is 0 Å². The van der Waals surface area contributed by atoms with E-state index >= 15 is 0 Å². The first kappa shape index (κ1) is 21.2. The summed E-state index contributed by atoms with van der Waals surface area (Å²) in [7, 11) is 0. The quantitative estimate of drug-likeness (QED) is 0.421. The Bertz CT molecular complexity index is 436. The van der Waals surface area contributed by atoms with Crippen molar-refractivity contribution >= 4 is 0 Å². The summed E-state index contributed by atoms with van der Waals surface area (Å²) in [6.45, 7) is 0. The second kappa shape index (κ2) is 18.5. The molecule has 0 unspecified atom stereocenters. The summed E-state index contributed by atoms with van der Waals surface area (Å²) in [4.78, 5) is 0. The summed E-state index contributed by atoms with van der Waals surface area (Å²) in [6, 6.07) is 0. The second-order valence-corrected chi connectivity index (χ2v) is 6.44. The van der Waals surface area contributed by atoms with Crippen LogP contribution in [-0.2, 0) is 0 Å². The lowest BCUT2D eigenvalue weighted by Gasteiger charge is -2.01. The van der Waals surface area contributed by atoms with Crippen molar-refractivity contribution in [3.8, 4) is 0 Å². The molecule has 0 amide bonds. The summed E-state index contributed by atoms with van der Waals surface area (Å²) in [5, 5.41) is 0. The molecule has 0 saturated heterocycles. The standard InChI is InChI=1S/C25H35/c1-2-4-6-8-10-12-14-16-18-20-22-24-25-23-21-19-17-15-13-11-9-7-5-3-1/h1-13H,14,16-25H2/b3-1-,4-2-,7-5-,8-6-,11-9-,12-10-,15-13?. The maximum absolute atomic E-state index is 3.35. The highest BCUT2D eigenvalue weighted by atomic mass is 14.0. The molecule has 0 N–H and O–H groups in total. The Morgan fingerprint density at radius 3 is 1.44 bits per heavy atom. The highest BCUT2D eigenvalue weighted by molar-refractivity contribution is 5.20. The van der Waals surface area contributed by atoms with Gasteiger partial charge in [-0.3, -0.25) is 0 Å². The van der Waals surface area contributed by atoms with Crippen molar-refractivity contribution in [3.63, 3.8) is 0 Å². The van der Waals surface area contributed by atoms with E-state index in [1.807, 2.05) is 42.5 Å². The molecule has 0 fully saturated rings. The van der Waals surface area contributed by atoms with Crippen LogP contribution in [0.5, 0.6) is 0 Å². The molecule has 1 radical (unpaired) electrons. The maximum atomic E-state index is 3.35. The molecule has 135 valence electrons. The fraction of sp³-hybridized carbons (Fsp3) is 0.440. The van der Waals surface area contributed by atoms with Crippen molar-refractivity contribution in [3.05, 3.63) is 85.1 Å². The van der Waals surface area contributed by atoms with E-state index in [4.69, 9.17) is 0 Å². The van der Waals surface area contributed by atoms with Crippen LogP contribution in [0.3, 0.4) is 0 Å². The van der Waals surface area contributed by atoms with Crippen LogP contribution in [0.2, 0.25) is 0 Å². The van der Waals surface area contributed by atoms with Crippen LogP contribution in [0, 0.1) is 6.08 Å². The zero-order chi connectivity index (χ0) is 17.7. The van der Waals surface area contributed by atoms with Crippen LogP contribution >= 0.6 is 0 Å². The predicted molar refractivity (Wildman–Crippen MR) is 113 cm³/mol. The van der Waals surface area contributed by atoms with Crippen molar-refractivity contribution in [1.29, 1.82) is 0 Å². The first-order valence-corrected chi connectivity index (χ1v) is 10.1. The Morgan fingerprint density at radius 1 is 0.400 bits per heavy atom. The van der Waals surface area contributed by atoms with Crippen LogP contribution in [0.1, 0.15) is 70.6 Å². The van der Waals surface area contributed by atoms with E-state index in [1.165, 1.54) is 64.2 Å². The van der Waals surface area contributed by atoms with Gasteiger partial charge >= 0.3 is 0 Å². The molecule has 0 nitrogen and oxygen atoms in total. The highest BCUT2D eigenvalue weighted by Gasteiger charge is 1.92. The number of allylic oxidation sites excluding steroid dienone is 14. The number of hydrogen-bond acceptors (Lipinski definition) is 0. The van der Waals surface area contributed by atoms with E-state index in [1.54, 1.807) is 0 Å². The van der Waals surface area contributed by atoms with Gasteiger partial charge < -0.3 is 0 Å². The maximum Gasteiger partial charge on any atom is -0.0276 e. The van der Waals surface area contributed by atoms with E-state index in [0.29, 0.717) is 0 Å². The molecule has 0 aliphatic heterocycles. The molecule has 0 aromatic heterocycles. The van der Waals surface area contributed by atoms with E-state index in [-0.39, 0.29) is 0 Å². The van der Waals surface area contributed by atoms with Crippen molar-refractivity contribution in [2.75, 3.05) is 0 Å². The van der Waals surface area contributed by atoms with Crippen LogP contribution in [0.25, 0.3) is 0 Å². The smallest absolute Gasteiger partial charge is 0.0276 e. The third kappa shape index (κ3) is 16.8. The summed E-state index contributed by atoms with van der Waals surface area (Å²) in [5.74, 6) is 0. The summed E-state index contributed by atoms with van der Waals surface area (Å²) in [5.41, 5.74) is 0. The number of rotatable bonds is 0. The van der Waals surface area contributed by atoms with Gasteiger partial charge in [0.05, 0.1) is 0 Å². The largest absolute Gasteiger partial charge is 0.0845 e. The van der Waals surface area contributed by atoms with Gasteiger partial charge in [0.1, 0.15) is 0 Å². The summed E-state index contributed by atoms with van der Waals surface area (Å²) >= 11 is 0. The average molecular weight is 336 g/mol. The topological polar surface area (TPSA) is 0 Å². The van der Waals surface area contributed by atoms with Crippen LogP contribution in [0.15, 0.2) is 79.0 Å². The Hall–Kier alpha value is -1.82. The first-order chi connectivity index (χ1) is 12.5. The van der Waals surface area contributed by atoms with Crippen molar-refractivity contribution in [2.24, 2.45) is 0 Å². The Morgan fingerprint density at radius 2 is 0.840 bits per heavy atom. The normalized spacial score (nSPS) is 28.5. The minimum Gasteiger partial charge on any atom is -0.0845 e. The monoisotopic (exact) mass is 335 g/mol. The van der Waals surface area contributed by atoms with Crippen molar-refractivity contribution < 1.29 is 0 Å². The molecule has 1 aliphatic carbocycles. The van der Waals surface area contributed by atoms with Crippen LogP contribution in [0.4, 0.5) is 0 Å². The molecule has 0 spiro atoms. The van der Waals surface area contributed by atoms with Gasteiger partial charge in [-0.1, -0.05) is 124 Å². The fourth-order valence-corrected chi connectivity index (χ4v) is 2.69. The molecule has 1 rings (SSSR count). The van der Waals surface area contributed by atoms with Crippen molar-refractivity contribution in [1.82, 2.24) is 0 Å². The van der Waals surface area contributed by atoms with E-state index < -0.39 is 0 Å². The molecule has 0 saturated carbocycles. The molecule has 0 heterocycles. The lowest BCUT2D eigenvalue weighted by molar-refractivity contribution is 0.560. The third-order valence-corrected chi connectivity index (χ3v) is 4.15. The van der Waals surface area contributed by atoms with E-state index in [2.05, 4.69) is 42.5 Å². The summed E-state index contributed by atoms with van der Waals surface area (Å²) < 4.78 is 0. The van der Waals surface area contributed by atoms with Gasteiger partial charge in [-0.2, -0.15) is 0 Å². The number of hydrogen-bond donors (Lipinski definition) is 0. The molecular weight excluding hydrogens is 300 g/mol. The first-order valence-electron chi connectivity index (χ1n) is 10.1. The molecule has 25 heavy (non-hydrogen) atoms. The van der Waals surface area contributed by atoms with Gasteiger partial charge in [-0.05, 0) is 31.8 Å². The van der Waals surface area contributed by atoms with Gasteiger partial charge in [-0.25, -0.2) is 0 Å². The predicted octanol–water partition coefficient (Wildman–Crippen LogP) is 7.99. The second-order valence-electron chi connectivity index (χ2n) is 6.44. The minimum absolute atomic E-state index is 1.08. The SMILES string of the molecule is [C]1=C/C=C\C=C/C=C\C=C/C=C\C=C/CCCCCCCCCCC\1. The highest BCUT2D eigenvalue weighted by Crippen LogP contribution is 2.11. The van der Waals surface area contributed by atoms with Crippen molar-refractivity contribution in [2.45, 2.75) is 70.6 Å². The van der Waals surface area contributed by atoms with E-state index in [0.717, 1.165) is 6.42 Å². The average Bonchev–Trinajstić information content (AvgIpc) is 2.62. The third-order valence-electron chi connectivity index (χ3n) is 4.15. The van der Waals surface area contributed by atoms with Gasteiger partial charge in [0.2, 0.25) is 0 Å². The van der Waals surface area contributed by atoms with E-state index in [9.17, 15) is 0 Å². The Labute approximate surface area is 156 Å². The lowest BCUT2D eigenvalue weighted by atomic mass is 10.1. The van der Waals surface area contributed by atoms with Gasteiger partial charge in [0.15, 0.2) is 0 Å². The molecule has 0 aromatic carbocycles. The summed E-state index contributed by atoms with van der Waals surface area (Å²) in [6.07, 6.45) is 45.0. The Kier molecular flexibility index (Phi) is 15.7. The molecule has 0 heteroatoms. The van der Waals surface area contributed by atoms with Gasteiger partial charge in [0.25, 0.3) is 0 Å². The Balaban J connectivity index is 2.35. The van der Waals surface area contributed by atoms with Crippen LogP contribution in [-0.4, -0.2) is 0 Å².